The maximum atomic E-state index is 13.2. The van der Waals surface area contributed by atoms with Crippen molar-refractivity contribution >= 4 is 7.12 Å². The molecule has 3 atom stereocenters. The number of hydrogen-bond acceptors (Lipinski definition) is 6. The predicted octanol–water partition coefficient (Wildman–Crippen LogP) is -1.55. The van der Waals surface area contributed by atoms with Gasteiger partial charge in [-0.15, -0.1) is 0 Å². The number of aromatic nitrogens is 2. The van der Waals surface area contributed by atoms with E-state index in [9.17, 15) is 24.1 Å². The van der Waals surface area contributed by atoms with Crippen LogP contribution in [-0.4, -0.2) is 46.6 Å². The number of ether oxygens (including phenoxy) is 1. The molecule has 0 aromatic carbocycles. The number of nitrogens with zero attached hydrogens (tertiary/aromatic N) is 1. The normalized spacial score (nSPS) is 25.9. The molecule has 0 aliphatic carbocycles. The van der Waals surface area contributed by atoms with Crippen LogP contribution in [0.3, 0.4) is 0 Å². The summed E-state index contributed by atoms with van der Waals surface area (Å²) in [7, 11) is 0.110. The lowest BCUT2D eigenvalue weighted by Gasteiger charge is -2.16. The van der Waals surface area contributed by atoms with Gasteiger partial charge in [-0.1, -0.05) is 0 Å². The zero-order valence-electron chi connectivity index (χ0n) is 10.7. The summed E-state index contributed by atoms with van der Waals surface area (Å²) in [6.07, 6.45) is -0.786. The quantitative estimate of drug-likeness (QED) is 0.578. The fourth-order valence-electron chi connectivity index (χ4n) is 2.25. The molecule has 0 radical (unpaired) electrons. The molecule has 1 aromatic heterocycles. The molecule has 0 amide bonds. The summed E-state index contributed by atoms with van der Waals surface area (Å²) < 4.78 is 24.3. The molecule has 1 aliphatic heterocycles. The van der Waals surface area contributed by atoms with Gasteiger partial charge in [0.25, 0.3) is 5.56 Å². The highest BCUT2D eigenvalue weighted by Crippen LogP contribution is 2.38. The predicted molar refractivity (Wildman–Crippen MR) is 65.6 cm³/mol. The van der Waals surface area contributed by atoms with Crippen molar-refractivity contribution in [3.8, 4) is 0 Å². The monoisotopic (exact) mass is 288 g/mol. The van der Waals surface area contributed by atoms with Gasteiger partial charge in [0.05, 0.1) is 18.9 Å². The minimum absolute atomic E-state index is 0.131. The molecule has 10 heteroatoms. The van der Waals surface area contributed by atoms with E-state index < -0.39 is 42.3 Å². The molecule has 8 nitrogen and oxygen atoms in total. The van der Waals surface area contributed by atoms with Crippen molar-refractivity contribution in [3.05, 3.63) is 32.9 Å². The fourth-order valence-corrected chi connectivity index (χ4v) is 2.25. The molecule has 1 fully saturated rings. The Morgan fingerprint density at radius 3 is 2.95 bits per heavy atom. The summed E-state index contributed by atoms with van der Waals surface area (Å²) in [5.74, 6) is -1.69. The summed E-state index contributed by atoms with van der Waals surface area (Å²) in [6, 6.07) is 0. The van der Waals surface area contributed by atoms with Gasteiger partial charge >= 0.3 is 12.8 Å². The Kier molecular flexibility index (Phi) is 4.38. The maximum Gasteiger partial charge on any atom is 0.460 e. The second-order valence-corrected chi connectivity index (χ2v) is 4.48. The van der Waals surface area contributed by atoms with Crippen LogP contribution < -0.4 is 11.2 Å². The zero-order valence-corrected chi connectivity index (χ0v) is 10.7. The molecule has 0 saturated carbocycles. The minimum Gasteiger partial charge on any atom is -0.427 e. The van der Waals surface area contributed by atoms with Gasteiger partial charge in [-0.25, -0.2) is 4.79 Å². The van der Waals surface area contributed by atoms with E-state index >= 15 is 0 Å². The molecule has 0 spiro atoms. The van der Waals surface area contributed by atoms with Gasteiger partial charge in [0, 0.05) is 12.9 Å². The van der Waals surface area contributed by atoms with Gasteiger partial charge in [-0.2, -0.15) is 4.39 Å². The molecule has 1 aromatic rings. The van der Waals surface area contributed by atoms with Crippen molar-refractivity contribution < 1.29 is 23.9 Å². The van der Waals surface area contributed by atoms with Crippen LogP contribution in [0.25, 0.3) is 0 Å². The topological polar surface area (TPSA) is 114 Å². The Morgan fingerprint density at radius 2 is 2.35 bits per heavy atom. The fraction of sp³-hybridized carbons (Fsp3) is 0.600. The lowest BCUT2D eigenvalue weighted by atomic mass is 9.68. The van der Waals surface area contributed by atoms with E-state index in [2.05, 4.69) is 0 Å². The van der Waals surface area contributed by atoms with Crippen LogP contribution in [0.15, 0.2) is 15.8 Å². The van der Waals surface area contributed by atoms with Crippen molar-refractivity contribution in [2.75, 3.05) is 13.7 Å². The van der Waals surface area contributed by atoms with Gasteiger partial charge in [0.1, 0.15) is 6.23 Å². The number of aliphatic hydroxyl groups excluding tert-OH is 1. The number of rotatable bonds is 4. The molecule has 0 bridgehead atoms. The highest BCUT2D eigenvalue weighted by atomic mass is 19.1. The number of hydrogen-bond donors (Lipinski definition) is 3. The van der Waals surface area contributed by atoms with Crippen LogP contribution >= 0.6 is 0 Å². The number of H-pyrrole nitrogens is 1. The largest absolute Gasteiger partial charge is 0.460 e. The Bertz CT molecular complexity index is 590. The molecule has 3 N–H and O–H groups in total. The molecule has 110 valence electrons. The first-order chi connectivity index (χ1) is 9.47. The first kappa shape index (κ1) is 14.9. The Labute approximate surface area is 112 Å². The molecular weight excluding hydrogens is 274 g/mol. The van der Waals surface area contributed by atoms with Crippen LogP contribution in [-0.2, 0) is 9.39 Å². The molecule has 1 saturated heterocycles. The minimum atomic E-state index is -1.18. The average Bonchev–Trinajstić information content (AvgIpc) is 2.85. The van der Waals surface area contributed by atoms with Crippen molar-refractivity contribution in [2.45, 2.75) is 24.6 Å². The van der Waals surface area contributed by atoms with Gasteiger partial charge in [-0.3, -0.25) is 14.3 Å². The lowest BCUT2D eigenvalue weighted by Crippen LogP contribution is -2.34. The van der Waals surface area contributed by atoms with Crippen LogP contribution in [0, 0.1) is 5.82 Å². The summed E-state index contributed by atoms with van der Waals surface area (Å²) >= 11 is 0. The summed E-state index contributed by atoms with van der Waals surface area (Å²) in [4.78, 5) is 24.4. The van der Waals surface area contributed by atoms with Gasteiger partial charge in [-0.05, 0) is 6.42 Å². The third-order valence-electron chi connectivity index (χ3n) is 3.31. The summed E-state index contributed by atoms with van der Waals surface area (Å²) in [6.45, 7) is -0.387. The van der Waals surface area contributed by atoms with Crippen molar-refractivity contribution in [1.29, 1.82) is 0 Å². The smallest absolute Gasteiger partial charge is 0.427 e. The van der Waals surface area contributed by atoms with Crippen molar-refractivity contribution in [3.63, 3.8) is 0 Å². The summed E-state index contributed by atoms with van der Waals surface area (Å²) in [5, 5.41) is 18.9. The van der Waals surface area contributed by atoms with E-state index in [-0.39, 0.29) is 13.0 Å². The van der Waals surface area contributed by atoms with Gasteiger partial charge < -0.3 is 19.5 Å². The van der Waals surface area contributed by atoms with Crippen LogP contribution in [0.2, 0.25) is 5.82 Å². The average molecular weight is 288 g/mol. The van der Waals surface area contributed by atoms with Crippen LogP contribution in [0.4, 0.5) is 4.39 Å². The highest BCUT2D eigenvalue weighted by molar-refractivity contribution is 6.45. The molecule has 0 unspecified atom stereocenters. The Hall–Kier alpha value is -1.49. The number of nitrogens with one attached hydrogen (secondary N) is 1. The van der Waals surface area contributed by atoms with Crippen molar-refractivity contribution in [2.24, 2.45) is 0 Å². The Balaban J connectivity index is 2.30. The molecular formula is C10H14BFN2O6. The van der Waals surface area contributed by atoms with Crippen LogP contribution in [0.5, 0.6) is 0 Å². The molecule has 1 aliphatic rings. The van der Waals surface area contributed by atoms with E-state index in [0.717, 1.165) is 10.8 Å². The maximum absolute atomic E-state index is 13.2. The van der Waals surface area contributed by atoms with E-state index in [0.29, 0.717) is 0 Å². The number of aliphatic hydroxyl groups is 1. The zero-order chi connectivity index (χ0) is 14.9. The van der Waals surface area contributed by atoms with E-state index in [4.69, 9.17) is 9.39 Å². The third-order valence-corrected chi connectivity index (χ3v) is 3.31. The third kappa shape index (κ3) is 2.68. The van der Waals surface area contributed by atoms with Crippen LogP contribution in [0.1, 0.15) is 12.6 Å². The first-order valence-electron chi connectivity index (χ1n) is 5.96. The van der Waals surface area contributed by atoms with Gasteiger partial charge in [0.15, 0.2) is 0 Å². The summed E-state index contributed by atoms with van der Waals surface area (Å²) in [5.41, 5.74) is -1.94. The standard InChI is InChI=1S/C10H14BFN2O6/c1-19-11(18)5-2-8(20-7(5)4-15)14-3-6(12)9(16)13-10(14)17/h3,5,7-8,15,18H,2,4H2,1H3,(H,13,16,17)/t5-,7+,8+/m0/s1. The van der Waals surface area contributed by atoms with E-state index in [1.54, 1.807) is 0 Å². The SMILES string of the molecule is COB(O)[C@H]1C[C@H](n2cc(F)c(=O)[nH]c2=O)O[C@@H]1CO. The number of aromatic amines is 1. The second-order valence-electron chi connectivity index (χ2n) is 4.48. The first-order valence-corrected chi connectivity index (χ1v) is 5.96. The molecule has 2 rings (SSSR count). The van der Waals surface area contributed by atoms with E-state index in [1.165, 1.54) is 7.11 Å². The lowest BCUT2D eigenvalue weighted by molar-refractivity contribution is -0.0263. The van der Waals surface area contributed by atoms with Gasteiger partial charge in [0.2, 0.25) is 5.82 Å². The van der Waals surface area contributed by atoms with Crippen molar-refractivity contribution in [1.82, 2.24) is 9.55 Å². The molecule has 2 heterocycles. The Morgan fingerprint density at radius 1 is 1.65 bits per heavy atom. The van der Waals surface area contributed by atoms with E-state index in [1.807, 2.05) is 4.98 Å². The molecule has 20 heavy (non-hydrogen) atoms. The second kappa shape index (κ2) is 5.88. The highest BCUT2D eigenvalue weighted by Gasteiger charge is 2.43. The number of halogens is 1.